The summed E-state index contributed by atoms with van der Waals surface area (Å²) in [5, 5.41) is 14.4. The fraction of sp³-hybridized carbons (Fsp3) is 0.100. The van der Waals surface area contributed by atoms with Gasteiger partial charge in [-0.15, -0.1) is 0 Å². The molecule has 0 fully saturated rings. The average Bonchev–Trinajstić information content (AvgIpc) is 3.17. The van der Waals surface area contributed by atoms with E-state index >= 15 is 0 Å². The van der Waals surface area contributed by atoms with Crippen LogP contribution in [0.4, 0.5) is 10.1 Å². The van der Waals surface area contributed by atoms with E-state index in [9.17, 15) is 9.18 Å². The van der Waals surface area contributed by atoms with Gasteiger partial charge in [-0.2, -0.15) is 0 Å². The topological polar surface area (TPSA) is 83.7 Å². The van der Waals surface area contributed by atoms with Gasteiger partial charge in [-0.05, 0) is 48.6 Å². The maximum atomic E-state index is 13.7. The molecule has 0 aliphatic heterocycles. The van der Waals surface area contributed by atoms with Crippen molar-refractivity contribution in [2.75, 3.05) is 12.4 Å². The molecule has 1 aromatic heterocycles. The van der Waals surface area contributed by atoms with Crippen molar-refractivity contribution in [1.82, 2.24) is 5.32 Å². The summed E-state index contributed by atoms with van der Waals surface area (Å²) < 4.78 is 24.6. The highest BCUT2D eigenvalue weighted by Gasteiger charge is 2.14. The van der Waals surface area contributed by atoms with Crippen LogP contribution >= 0.6 is 12.2 Å². The Labute approximate surface area is 165 Å². The molecule has 0 unspecified atom stereocenters. The van der Waals surface area contributed by atoms with Gasteiger partial charge in [0.15, 0.2) is 5.11 Å². The Morgan fingerprint density at radius 1 is 1.21 bits per heavy atom. The molecule has 8 heteroatoms. The van der Waals surface area contributed by atoms with Crippen LogP contribution in [-0.4, -0.2) is 23.2 Å². The number of benzene rings is 2. The number of anilines is 1. The zero-order valence-electron chi connectivity index (χ0n) is 14.9. The quantitative estimate of drug-likeness (QED) is 0.567. The first kappa shape index (κ1) is 19.5. The Morgan fingerprint density at radius 2 is 2.00 bits per heavy atom. The Bertz CT molecular complexity index is 1020. The van der Waals surface area contributed by atoms with Crippen LogP contribution in [0.5, 0.6) is 5.75 Å². The summed E-state index contributed by atoms with van der Waals surface area (Å²) in [6, 6.07) is 14.2. The van der Waals surface area contributed by atoms with Crippen LogP contribution in [0.25, 0.3) is 11.3 Å². The minimum absolute atomic E-state index is 0.0172. The van der Waals surface area contributed by atoms with Crippen molar-refractivity contribution in [3.05, 3.63) is 71.7 Å². The van der Waals surface area contributed by atoms with E-state index in [0.29, 0.717) is 28.5 Å². The van der Waals surface area contributed by atoms with Gasteiger partial charge in [0.2, 0.25) is 0 Å². The summed E-state index contributed by atoms with van der Waals surface area (Å²) in [6.07, 6.45) is 0. The molecule has 0 saturated heterocycles. The largest absolute Gasteiger partial charge is 0.496 e. The summed E-state index contributed by atoms with van der Waals surface area (Å²) in [5.41, 5.74) is 1.15. The Morgan fingerprint density at radius 3 is 2.68 bits per heavy atom. The summed E-state index contributed by atoms with van der Waals surface area (Å²) in [4.78, 5) is 12.1. The molecule has 0 atom stereocenters. The minimum Gasteiger partial charge on any atom is -0.496 e. The SMILES string of the molecule is COc1cc(NC(=S)NC(=O)c2ccccc2F)ccc1-c1ccc(CO)o1. The third-order valence-electron chi connectivity index (χ3n) is 3.89. The van der Waals surface area contributed by atoms with Crippen molar-refractivity contribution >= 4 is 28.9 Å². The molecular weight excluding hydrogens is 383 g/mol. The average molecular weight is 400 g/mol. The molecule has 0 spiro atoms. The second-order valence-electron chi connectivity index (χ2n) is 5.73. The first-order valence-corrected chi connectivity index (χ1v) is 8.67. The fourth-order valence-corrected chi connectivity index (χ4v) is 2.77. The van der Waals surface area contributed by atoms with Crippen molar-refractivity contribution in [2.45, 2.75) is 6.61 Å². The number of amides is 1. The standard InChI is InChI=1S/C20H17FN2O4S/c1-26-18-10-12(6-8-15(18)17-9-7-13(11-24)27-17)22-20(28)23-19(25)14-4-2-3-5-16(14)21/h2-10,24H,11H2,1H3,(H2,22,23,25,28). The van der Waals surface area contributed by atoms with E-state index in [4.69, 9.17) is 26.5 Å². The van der Waals surface area contributed by atoms with Gasteiger partial charge in [-0.3, -0.25) is 10.1 Å². The second-order valence-corrected chi connectivity index (χ2v) is 6.14. The Hall–Kier alpha value is -3.23. The first-order valence-electron chi connectivity index (χ1n) is 8.26. The first-order chi connectivity index (χ1) is 13.5. The van der Waals surface area contributed by atoms with Crippen LogP contribution < -0.4 is 15.4 Å². The number of methoxy groups -OCH3 is 1. The molecule has 1 amide bonds. The lowest BCUT2D eigenvalue weighted by Crippen LogP contribution is -2.34. The summed E-state index contributed by atoms with van der Waals surface area (Å²) in [5.74, 6) is 0.215. The van der Waals surface area contributed by atoms with Crippen LogP contribution in [0.3, 0.4) is 0 Å². The molecular formula is C20H17FN2O4S. The molecule has 0 saturated carbocycles. The number of rotatable bonds is 5. The third-order valence-corrected chi connectivity index (χ3v) is 4.09. The van der Waals surface area contributed by atoms with Gasteiger partial charge in [0.05, 0.1) is 18.2 Å². The Kier molecular flexibility index (Phi) is 6.03. The molecule has 28 heavy (non-hydrogen) atoms. The van der Waals surface area contributed by atoms with E-state index in [0.717, 1.165) is 0 Å². The normalized spacial score (nSPS) is 10.4. The number of halogens is 1. The molecule has 144 valence electrons. The third kappa shape index (κ3) is 4.36. The number of ether oxygens (including phenoxy) is 1. The summed E-state index contributed by atoms with van der Waals surface area (Å²) in [7, 11) is 1.51. The fourth-order valence-electron chi connectivity index (χ4n) is 2.56. The Balaban J connectivity index is 1.73. The highest BCUT2D eigenvalue weighted by Crippen LogP contribution is 2.33. The van der Waals surface area contributed by atoms with E-state index < -0.39 is 11.7 Å². The number of carbonyl (C=O) groups is 1. The number of hydrogen-bond acceptors (Lipinski definition) is 5. The lowest BCUT2D eigenvalue weighted by Gasteiger charge is -2.12. The molecule has 0 aliphatic carbocycles. The number of hydrogen-bond donors (Lipinski definition) is 3. The highest BCUT2D eigenvalue weighted by atomic mass is 32.1. The predicted octanol–water partition coefficient (Wildman–Crippen LogP) is 3.71. The van der Waals surface area contributed by atoms with Crippen LogP contribution in [0.2, 0.25) is 0 Å². The molecule has 3 rings (SSSR count). The van der Waals surface area contributed by atoms with E-state index in [1.807, 2.05) is 0 Å². The molecule has 0 aliphatic rings. The van der Waals surface area contributed by atoms with Crippen LogP contribution in [0, 0.1) is 5.82 Å². The van der Waals surface area contributed by atoms with Crippen molar-refractivity contribution < 1.29 is 23.4 Å². The van der Waals surface area contributed by atoms with Crippen LogP contribution in [0.15, 0.2) is 59.0 Å². The zero-order valence-corrected chi connectivity index (χ0v) is 15.7. The molecule has 3 N–H and O–H groups in total. The molecule has 0 bridgehead atoms. The summed E-state index contributed by atoms with van der Waals surface area (Å²) >= 11 is 5.13. The van der Waals surface area contributed by atoms with E-state index in [2.05, 4.69) is 10.6 Å². The number of nitrogens with one attached hydrogen (secondary N) is 2. The van der Waals surface area contributed by atoms with Crippen molar-refractivity contribution in [1.29, 1.82) is 0 Å². The lowest BCUT2D eigenvalue weighted by molar-refractivity contribution is 0.0974. The van der Waals surface area contributed by atoms with Crippen molar-refractivity contribution in [3.63, 3.8) is 0 Å². The van der Waals surface area contributed by atoms with E-state index in [-0.39, 0.29) is 17.3 Å². The minimum atomic E-state index is -0.647. The van der Waals surface area contributed by atoms with E-state index in [1.165, 1.54) is 25.3 Å². The molecule has 1 heterocycles. The number of aliphatic hydroxyl groups is 1. The predicted molar refractivity (Wildman–Crippen MR) is 107 cm³/mol. The second kappa shape index (κ2) is 8.64. The maximum absolute atomic E-state index is 13.7. The molecule has 6 nitrogen and oxygen atoms in total. The van der Waals surface area contributed by atoms with Gasteiger partial charge in [0.1, 0.15) is 29.7 Å². The highest BCUT2D eigenvalue weighted by molar-refractivity contribution is 7.80. The van der Waals surface area contributed by atoms with Gasteiger partial charge < -0.3 is 19.6 Å². The van der Waals surface area contributed by atoms with E-state index in [1.54, 1.807) is 36.4 Å². The molecule has 3 aromatic rings. The monoisotopic (exact) mass is 400 g/mol. The number of thiocarbonyl (C=S) groups is 1. The zero-order chi connectivity index (χ0) is 20.1. The smallest absolute Gasteiger partial charge is 0.260 e. The molecule has 2 aromatic carbocycles. The van der Waals surface area contributed by atoms with Gasteiger partial charge in [0.25, 0.3) is 5.91 Å². The van der Waals surface area contributed by atoms with Crippen LogP contribution in [0.1, 0.15) is 16.1 Å². The number of carbonyl (C=O) groups excluding carboxylic acids is 1. The van der Waals surface area contributed by atoms with Crippen LogP contribution in [-0.2, 0) is 6.61 Å². The lowest BCUT2D eigenvalue weighted by atomic mass is 10.1. The van der Waals surface area contributed by atoms with Gasteiger partial charge >= 0.3 is 0 Å². The van der Waals surface area contributed by atoms with Gasteiger partial charge in [0, 0.05) is 11.8 Å². The molecule has 0 radical (unpaired) electrons. The number of aliphatic hydroxyl groups excluding tert-OH is 1. The maximum Gasteiger partial charge on any atom is 0.260 e. The van der Waals surface area contributed by atoms with Crippen molar-refractivity contribution in [2.24, 2.45) is 0 Å². The van der Waals surface area contributed by atoms with Gasteiger partial charge in [-0.1, -0.05) is 12.1 Å². The van der Waals surface area contributed by atoms with Crippen molar-refractivity contribution in [3.8, 4) is 17.1 Å². The summed E-state index contributed by atoms with van der Waals surface area (Å²) in [6.45, 7) is -0.196. The number of furan rings is 1. The van der Waals surface area contributed by atoms with Gasteiger partial charge in [-0.25, -0.2) is 4.39 Å².